The van der Waals surface area contributed by atoms with E-state index in [9.17, 15) is 14.4 Å². The number of urea groups is 1. The fourth-order valence-corrected chi connectivity index (χ4v) is 3.46. The molecule has 0 spiro atoms. The molecule has 0 aromatic heterocycles. The summed E-state index contributed by atoms with van der Waals surface area (Å²) in [5, 5.41) is 4.00. The van der Waals surface area contributed by atoms with Crippen molar-refractivity contribution in [3.63, 3.8) is 0 Å². The fraction of sp³-hybridized carbons (Fsp3) is 0.125. The molecule has 0 aliphatic carbocycles. The van der Waals surface area contributed by atoms with Crippen molar-refractivity contribution < 1.29 is 19.1 Å². The summed E-state index contributed by atoms with van der Waals surface area (Å²) >= 11 is 0. The van der Waals surface area contributed by atoms with E-state index in [2.05, 4.69) is 5.32 Å². The summed E-state index contributed by atoms with van der Waals surface area (Å²) < 4.78 is 5.68. The first-order valence-corrected chi connectivity index (χ1v) is 9.66. The third kappa shape index (κ3) is 3.67. The second kappa shape index (κ2) is 8.21. The van der Waals surface area contributed by atoms with Crippen LogP contribution in [-0.4, -0.2) is 29.4 Å². The monoisotopic (exact) mass is 400 g/mol. The van der Waals surface area contributed by atoms with E-state index in [1.54, 1.807) is 6.07 Å². The number of fused-ring (bicyclic) bond motifs is 1. The lowest BCUT2D eigenvalue weighted by atomic mass is 10.00. The predicted octanol–water partition coefficient (Wildman–Crippen LogP) is 3.90. The molecule has 1 fully saturated rings. The average molecular weight is 400 g/mol. The van der Waals surface area contributed by atoms with Gasteiger partial charge in [-0.05, 0) is 35.6 Å². The molecule has 0 bridgehead atoms. The Morgan fingerprint density at radius 1 is 0.900 bits per heavy atom. The van der Waals surface area contributed by atoms with Gasteiger partial charge in [-0.15, -0.1) is 0 Å². The minimum Gasteiger partial charge on any atom is -0.493 e. The van der Waals surface area contributed by atoms with Gasteiger partial charge in [-0.25, -0.2) is 4.79 Å². The van der Waals surface area contributed by atoms with Crippen LogP contribution < -0.4 is 10.1 Å². The van der Waals surface area contributed by atoms with E-state index in [0.717, 1.165) is 27.0 Å². The van der Waals surface area contributed by atoms with E-state index in [4.69, 9.17) is 4.74 Å². The van der Waals surface area contributed by atoms with Gasteiger partial charge in [0.15, 0.2) is 0 Å². The van der Waals surface area contributed by atoms with Crippen LogP contribution in [0.2, 0.25) is 0 Å². The number of hydrogen-bond donors (Lipinski definition) is 1. The molecule has 4 rings (SSSR count). The number of nitrogens with zero attached hydrogens (tertiary/aromatic N) is 1. The third-order valence-electron chi connectivity index (χ3n) is 4.89. The fourth-order valence-electron chi connectivity index (χ4n) is 3.46. The van der Waals surface area contributed by atoms with E-state index in [1.807, 2.05) is 67.6 Å². The second-order valence-corrected chi connectivity index (χ2v) is 6.83. The van der Waals surface area contributed by atoms with Crippen molar-refractivity contribution in [2.45, 2.75) is 13.5 Å². The van der Waals surface area contributed by atoms with Gasteiger partial charge in [0.25, 0.3) is 11.8 Å². The Balaban J connectivity index is 1.74. The van der Waals surface area contributed by atoms with Crippen LogP contribution in [0.3, 0.4) is 0 Å². The molecule has 0 atom stereocenters. The second-order valence-electron chi connectivity index (χ2n) is 6.83. The number of carbonyl (C=O) groups is 3. The summed E-state index contributed by atoms with van der Waals surface area (Å²) in [6, 6.07) is 19.7. The maximum Gasteiger partial charge on any atom is 0.331 e. The quantitative estimate of drug-likeness (QED) is 0.521. The number of imide groups is 2. The van der Waals surface area contributed by atoms with Crippen LogP contribution in [0.25, 0.3) is 16.8 Å². The van der Waals surface area contributed by atoms with Gasteiger partial charge in [0, 0.05) is 5.39 Å². The molecule has 0 radical (unpaired) electrons. The Labute approximate surface area is 173 Å². The first-order valence-electron chi connectivity index (χ1n) is 9.66. The number of benzene rings is 3. The highest BCUT2D eigenvalue weighted by Gasteiger charge is 2.35. The van der Waals surface area contributed by atoms with Crippen LogP contribution in [0.15, 0.2) is 72.3 Å². The van der Waals surface area contributed by atoms with E-state index < -0.39 is 17.8 Å². The molecule has 3 aromatic carbocycles. The lowest BCUT2D eigenvalue weighted by Crippen LogP contribution is -2.53. The standard InChI is InChI=1S/C24H20N2O4/c1-2-30-21-13-12-17(18-10-6-7-11-19(18)21)14-20-22(27)25-24(29)26(23(20)28)15-16-8-4-3-5-9-16/h3-14H,2,15H2,1H3,(H,25,27,29)/b20-14+. The molecule has 1 saturated heterocycles. The van der Waals surface area contributed by atoms with Crippen molar-refractivity contribution in [3.05, 3.63) is 83.4 Å². The smallest absolute Gasteiger partial charge is 0.331 e. The Hall–Kier alpha value is -3.93. The molecule has 4 amide bonds. The van der Waals surface area contributed by atoms with Crippen LogP contribution in [0, 0.1) is 0 Å². The summed E-state index contributed by atoms with van der Waals surface area (Å²) in [6.45, 7) is 2.52. The molecular formula is C24H20N2O4. The zero-order valence-electron chi connectivity index (χ0n) is 16.4. The van der Waals surface area contributed by atoms with Gasteiger partial charge in [0.2, 0.25) is 0 Å². The highest BCUT2D eigenvalue weighted by Crippen LogP contribution is 2.30. The van der Waals surface area contributed by atoms with Crippen LogP contribution >= 0.6 is 0 Å². The van der Waals surface area contributed by atoms with Crippen molar-refractivity contribution in [3.8, 4) is 5.75 Å². The molecule has 6 heteroatoms. The minimum atomic E-state index is -0.720. The van der Waals surface area contributed by atoms with Crippen LogP contribution in [-0.2, 0) is 16.1 Å². The molecule has 0 unspecified atom stereocenters. The Morgan fingerprint density at radius 3 is 2.33 bits per heavy atom. The van der Waals surface area contributed by atoms with Crippen molar-refractivity contribution in [2.24, 2.45) is 0 Å². The van der Waals surface area contributed by atoms with Crippen LogP contribution in [0.1, 0.15) is 18.1 Å². The zero-order chi connectivity index (χ0) is 21.1. The number of amides is 4. The Morgan fingerprint density at radius 2 is 1.60 bits per heavy atom. The Kier molecular flexibility index (Phi) is 5.30. The first-order chi connectivity index (χ1) is 14.6. The number of ether oxygens (including phenoxy) is 1. The largest absolute Gasteiger partial charge is 0.493 e. The van der Waals surface area contributed by atoms with Gasteiger partial charge in [-0.2, -0.15) is 0 Å². The van der Waals surface area contributed by atoms with Crippen LogP contribution in [0.4, 0.5) is 4.79 Å². The van der Waals surface area contributed by atoms with Gasteiger partial charge in [-0.1, -0.05) is 60.7 Å². The van der Waals surface area contributed by atoms with E-state index >= 15 is 0 Å². The number of carbonyl (C=O) groups excluding carboxylic acids is 3. The maximum absolute atomic E-state index is 13.0. The topological polar surface area (TPSA) is 75.7 Å². The summed E-state index contributed by atoms with van der Waals surface area (Å²) in [6.07, 6.45) is 1.53. The zero-order valence-corrected chi connectivity index (χ0v) is 16.4. The van der Waals surface area contributed by atoms with Gasteiger partial charge in [0.05, 0.1) is 13.2 Å². The van der Waals surface area contributed by atoms with Crippen molar-refractivity contribution in [2.75, 3.05) is 6.61 Å². The average Bonchev–Trinajstić information content (AvgIpc) is 2.76. The van der Waals surface area contributed by atoms with E-state index in [1.165, 1.54) is 6.08 Å². The molecule has 1 heterocycles. The lowest BCUT2D eigenvalue weighted by molar-refractivity contribution is -0.130. The highest BCUT2D eigenvalue weighted by molar-refractivity contribution is 6.31. The lowest BCUT2D eigenvalue weighted by Gasteiger charge is -2.26. The normalized spacial score (nSPS) is 15.6. The van der Waals surface area contributed by atoms with Gasteiger partial charge in [-0.3, -0.25) is 19.8 Å². The summed E-state index contributed by atoms with van der Waals surface area (Å²) in [5.74, 6) is -0.589. The minimum absolute atomic E-state index is 0.0835. The highest BCUT2D eigenvalue weighted by atomic mass is 16.5. The first kappa shape index (κ1) is 19.4. The molecular weight excluding hydrogens is 380 g/mol. The Bertz CT molecular complexity index is 1170. The molecule has 6 nitrogen and oxygen atoms in total. The number of rotatable bonds is 5. The molecule has 150 valence electrons. The van der Waals surface area contributed by atoms with Gasteiger partial charge >= 0.3 is 6.03 Å². The summed E-state index contributed by atoms with van der Waals surface area (Å²) in [5.41, 5.74) is 1.41. The predicted molar refractivity (Wildman–Crippen MR) is 114 cm³/mol. The maximum atomic E-state index is 13.0. The molecule has 30 heavy (non-hydrogen) atoms. The van der Waals surface area contributed by atoms with Crippen molar-refractivity contribution in [1.82, 2.24) is 10.2 Å². The molecule has 1 N–H and O–H groups in total. The van der Waals surface area contributed by atoms with Crippen molar-refractivity contribution in [1.29, 1.82) is 0 Å². The summed E-state index contributed by atoms with van der Waals surface area (Å²) in [7, 11) is 0. The van der Waals surface area contributed by atoms with Crippen LogP contribution in [0.5, 0.6) is 5.75 Å². The third-order valence-corrected chi connectivity index (χ3v) is 4.89. The summed E-state index contributed by atoms with van der Waals surface area (Å²) in [4.78, 5) is 38.8. The molecule has 1 aliphatic heterocycles. The van der Waals surface area contributed by atoms with Crippen molar-refractivity contribution >= 4 is 34.7 Å². The SMILES string of the molecule is CCOc1ccc(/C=C2\C(=O)NC(=O)N(Cc3ccccc3)C2=O)c2ccccc12. The van der Waals surface area contributed by atoms with Gasteiger partial charge in [0.1, 0.15) is 11.3 Å². The van der Waals surface area contributed by atoms with Gasteiger partial charge < -0.3 is 4.74 Å². The number of nitrogens with one attached hydrogen (secondary N) is 1. The molecule has 1 aliphatic rings. The van der Waals surface area contributed by atoms with E-state index in [0.29, 0.717) is 12.2 Å². The van der Waals surface area contributed by atoms with E-state index in [-0.39, 0.29) is 12.1 Å². The molecule has 0 saturated carbocycles. The number of barbiturate groups is 1. The molecule has 3 aromatic rings. The number of hydrogen-bond acceptors (Lipinski definition) is 4.